The Hall–Kier alpha value is -1.88. The number of ether oxygens (including phenoxy) is 1. The molecule has 1 unspecified atom stereocenters. The Labute approximate surface area is 97.2 Å². The molecule has 0 amide bonds. The zero-order chi connectivity index (χ0) is 12.4. The summed E-state index contributed by atoms with van der Waals surface area (Å²) in [6.45, 7) is 1.86. The van der Waals surface area contributed by atoms with Gasteiger partial charge in [-0.25, -0.2) is 9.18 Å². The molecule has 5 heteroatoms. The van der Waals surface area contributed by atoms with E-state index in [1.165, 1.54) is 29.0 Å². The lowest BCUT2D eigenvalue weighted by molar-refractivity contribution is -0.157. The Morgan fingerprint density at radius 3 is 3.00 bits per heavy atom. The van der Waals surface area contributed by atoms with Crippen LogP contribution in [0.2, 0.25) is 0 Å². The van der Waals surface area contributed by atoms with Crippen LogP contribution in [-0.4, -0.2) is 22.2 Å². The Kier molecular flexibility index (Phi) is 3.10. The molecule has 0 bridgehead atoms. The fourth-order valence-electron chi connectivity index (χ4n) is 1.68. The van der Waals surface area contributed by atoms with Crippen LogP contribution >= 0.6 is 0 Å². The lowest BCUT2D eigenvalue weighted by Gasteiger charge is -2.12. The second-order valence-corrected chi connectivity index (χ2v) is 3.55. The molecule has 2 aromatic rings. The molecule has 1 atom stereocenters. The molecule has 0 fully saturated rings. The predicted molar refractivity (Wildman–Crippen MR) is 59.8 cm³/mol. The van der Waals surface area contributed by atoms with Crippen molar-refractivity contribution < 1.29 is 19.0 Å². The van der Waals surface area contributed by atoms with Crippen molar-refractivity contribution in [1.82, 2.24) is 4.57 Å². The van der Waals surface area contributed by atoms with Crippen molar-refractivity contribution in [2.75, 3.05) is 6.61 Å². The minimum atomic E-state index is -1.40. The molecule has 0 aliphatic carbocycles. The average molecular weight is 237 g/mol. The zero-order valence-electron chi connectivity index (χ0n) is 9.26. The number of carbonyl (C=O) groups excluding carboxylic acids is 1. The molecule has 17 heavy (non-hydrogen) atoms. The van der Waals surface area contributed by atoms with Crippen molar-refractivity contribution in [1.29, 1.82) is 0 Å². The number of aromatic nitrogens is 1. The smallest absolute Gasteiger partial charge is 0.356 e. The number of hydrogen-bond donors (Lipinski definition) is 1. The fraction of sp³-hybridized carbons (Fsp3) is 0.250. The molecule has 0 radical (unpaired) electrons. The van der Waals surface area contributed by atoms with Crippen molar-refractivity contribution in [3.63, 3.8) is 0 Å². The van der Waals surface area contributed by atoms with Gasteiger partial charge in [-0.15, -0.1) is 0 Å². The van der Waals surface area contributed by atoms with Crippen molar-refractivity contribution in [3.05, 3.63) is 36.3 Å². The number of rotatable bonds is 3. The second kappa shape index (κ2) is 4.55. The first-order valence-electron chi connectivity index (χ1n) is 5.24. The number of carbonyl (C=O) groups is 1. The van der Waals surface area contributed by atoms with Crippen LogP contribution in [0.4, 0.5) is 4.39 Å². The van der Waals surface area contributed by atoms with Crippen molar-refractivity contribution in [2.24, 2.45) is 0 Å². The molecule has 0 saturated carbocycles. The van der Waals surface area contributed by atoms with E-state index in [2.05, 4.69) is 0 Å². The molecule has 1 heterocycles. The van der Waals surface area contributed by atoms with Gasteiger partial charge in [0.05, 0.1) is 12.1 Å². The van der Waals surface area contributed by atoms with E-state index in [1.807, 2.05) is 0 Å². The van der Waals surface area contributed by atoms with Crippen LogP contribution in [0.15, 0.2) is 30.5 Å². The van der Waals surface area contributed by atoms with E-state index in [-0.39, 0.29) is 12.4 Å². The maximum Gasteiger partial charge on any atom is 0.356 e. The molecule has 0 saturated heterocycles. The number of aliphatic hydroxyl groups excluding tert-OH is 1. The first-order valence-corrected chi connectivity index (χ1v) is 5.24. The van der Waals surface area contributed by atoms with Gasteiger partial charge in [-0.05, 0) is 31.2 Å². The molecule has 0 spiro atoms. The van der Waals surface area contributed by atoms with Gasteiger partial charge in [0, 0.05) is 11.6 Å². The maximum absolute atomic E-state index is 13.0. The number of halogens is 1. The summed E-state index contributed by atoms with van der Waals surface area (Å²) in [5, 5.41) is 10.4. The highest BCUT2D eigenvalue weighted by molar-refractivity contribution is 5.83. The quantitative estimate of drug-likeness (QED) is 0.828. The molecule has 1 aromatic heterocycles. The molecule has 0 aliphatic rings. The van der Waals surface area contributed by atoms with Crippen molar-refractivity contribution >= 4 is 16.9 Å². The third-order valence-electron chi connectivity index (χ3n) is 2.44. The monoisotopic (exact) mass is 237 g/mol. The molecule has 90 valence electrons. The minimum Gasteiger partial charge on any atom is -0.463 e. The number of fused-ring (bicyclic) bond motifs is 1. The lowest BCUT2D eigenvalue weighted by atomic mass is 10.2. The van der Waals surface area contributed by atoms with Gasteiger partial charge in [0.25, 0.3) is 0 Å². The summed E-state index contributed by atoms with van der Waals surface area (Å²) in [6, 6.07) is 5.74. The van der Waals surface area contributed by atoms with Gasteiger partial charge in [0.1, 0.15) is 5.82 Å². The second-order valence-electron chi connectivity index (χ2n) is 3.55. The van der Waals surface area contributed by atoms with E-state index in [0.29, 0.717) is 10.9 Å². The molecule has 0 aliphatic heterocycles. The van der Waals surface area contributed by atoms with Gasteiger partial charge >= 0.3 is 5.97 Å². The molecule has 4 nitrogen and oxygen atoms in total. The summed E-state index contributed by atoms with van der Waals surface area (Å²) in [5.74, 6) is -1.09. The molecular formula is C12H12FNO3. The Morgan fingerprint density at radius 1 is 1.53 bits per heavy atom. The minimum absolute atomic E-state index is 0.198. The summed E-state index contributed by atoms with van der Waals surface area (Å²) in [5.41, 5.74) is 0.576. The maximum atomic E-state index is 13.0. The number of esters is 1. The predicted octanol–water partition coefficient (Wildman–Crippen LogP) is 1.83. The number of hydrogen-bond acceptors (Lipinski definition) is 3. The zero-order valence-corrected chi connectivity index (χ0v) is 9.26. The van der Waals surface area contributed by atoms with Gasteiger partial charge in [0.15, 0.2) is 0 Å². The van der Waals surface area contributed by atoms with Crippen molar-refractivity contribution in [2.45, 2.75) is 13.2 Å². The Bertz CT molecular complexity index is 550. The topological polar surface area (TPSA) is 51.5 Å². The number of nitrogens with zero attached hydrogens (tertiary/aromatic N) is 1. The first kappa shape index (κ1) is 11.6. The van der Waals surface area contributed by atoms with E-state index >= 15 is 0 Å². The highest BCUT2D eigenvalue weighted by Crippen LogP contribution is 2.20. The summed E-state index contributed by atoms with van der Waals surface area (Å²) in [7, 11) is 0. The van der Waals surface area contributed by atoms with Gasteiger partial charge < -0.3 is 14.4 Å². The van der Waals surface area contributed by atoms with Crippen LogP contribution in [0.5, 0.6) is 0 Å². The van der Waals surface area contributed by atoms with Crippen LogP contribution in [0.1, 0.15) is 13.2 Å². The fourth-order valence-corrected chi connectivity index (χ4v) is 1.68. The Morgan fingerprint density at radius 2 is 2.29 bits per heavy atom. The molecule has 1 aromatic carbocycles. The van der Waals surface area contributed by atoms with Gasteiger partial charge in [0.2, 0.25) is 6.23 Å². The molecule has 2 rings (SSSR count). The van der Waals surface area contributed by atoms with E-state index in [9.17, 15) is 14.3 Å². The standard InChI is InChI=1S/C12H12FNO3/c1-2-17-12(16)11(15)14-6-5-8-7-9(13)3-4-10(8)14/h3-7,11,15H,2H2,1H3. The van der Waals surface area contributed by atoms with E-state index in [1.54, 1.807) is 13.0 Å². The highest BCUT2D eigenvalue weighted by Gasteiger charge is 2.19. The van der Waals surface area contributed by atoms with Crippen LogP contribution in [0.3, 0.4) is 0 Å². The van der Waals surface area contributed by atoms with Crippen molar-refractivity contribution in [3.8, 4) is 0 Å². The third-order valence-corrected chi connectivity index (χ3v) is 2.44. The number of aliphatic hydroxyl groups is 1. The highest BCUT2D eigenvalue weighted by atomic mass is 19.1. The van der Waals surface area contributed by atoms with E-state index < -0.39 is 12.2 Å². The van der Waals surface area contributed by atoms with Crippen LogP contribution < -0.4 is 0 Å². The lowest BCUT2D eigenvalue weighted by Crippen LogP contribution is -2.20. The van der Waals surface area contributed by atoms with E-state index in [4.69, 9.17) is 4.74 Å². The summed E-state index contributed by atoms with van der Waals surface area (Å²) < 4.78 is 19.0. The van der Waals surface area contributed by atoms with Crippen LogP contribution in [0, 0.1) is 5.82 Å². The third kappa shape index (κ3) is 2.14. The van der Waals surface area contributed by atoms with Crippen LogP contribution in [0.25, 0.3) is 10.9 Å². The van der Waals surface area contributed by atoms with Crippen LogP contribution in [-0.2, 0) is 9.53 Å². The first-order chi connectivity index (χ1) is 8.13. The normalized spacial score (nSPS) is 12.6. The van der Waals surface area contributed by atoms with Gasteiger partial charge in [-0.3, -0.25) is 0 Å². The summed E-state index contributed by atoms with van der Waals surface area (Å²) in [6.07, 6.45) is 0.115. The van der Waals surface area contributed by atoms with Gasteiger partial charge in [-0.1, -0.05) is 0 Å². The average Bonchev–Trinajstić information content (AvgIpc) is 2.71. The Balaban J connectivity index is 2.39. The number of benzene rings is 1. The molecule has 1 N–H and O–H groups in total. The summed E-state index contributed by atoms with van der Waals surface area (Å²) >= 11 is 0. The molecular weight excluding hydrogens is 225 g/mol. The van der Waals surface area contributed by atoms with Gasteiger partial charge in [-0.2, -0.15) is 0 Å². The summed E-state index contributed by atoms with van der Waals surface area (Å²) in [4.78, 5) is 11.4. The SMILES string of the molecule is CCOC(=O)C(O)n1ccc2cc(F)ccc21. The largest absolute Gasteiger partial charge is 0.463 e. The van der Waals surface area contributed by atoms with E-state index in [0.717, 1.165) is 0 Å².